The lowest BCUT2D eigenvalue weighted by Crippen LogP contribution is -2.62. The van der Waals surface area contributed by atoms with E-state index in [-0.39, 0.29) is 22.8 Å². The number of rotatable bonds is 3. The first kappa shape index (κ1) is 18.0. The van der Waals surface area contributed by atoms with E-state index in [9.17, 15) is 22.0 Å². The van der Waals surface area contributed by atoms with E-state index < -0.39 is 31.3 Å². The average molecular weight is 375 g/mol. The first-order valence-corrected chi connectivity index (χ1v) is 8.98. The maximum atomic E-state index is 15.6. The van der Waals surface area contributed by atoms with Crippen molar-refractivity contribution in [3.8, 4) is 0 Å². The lowest BCUT2D eigenvalue weighted by Gasteiger charge is -2.39. The number of halogens is 6. The second-order valence-electron chi connectivity index (χ2n) is 5.78. The van der Waals surface area contributed by atoms with E-state index in [1.807, 2.05) is 0 Å². The Morgan fingerprint density at radius 2 is 1.16 bits per heavy atom. The van der Waals surface area contributed by atoms with Crippen molar-refractivity contribution >= 4 is 18.5 Å². The van der Waals surface area contributed by atoms with Crippen LogP contribution in [0.15, 0.2) is 72.8 Å². The average Bonchev–Trinajstić information content (AvgIpc) is 2.60. The van der Waals surface area contributed by atoms with E-state index >= 15 is 4.39 Å². The summed E-state index contributed by atoms with van der Waals surface area (Å²) in [4.78, 5) is 0. The number of benzene rings is 2. The summed E-state index contributed by atoms with van der Waals surface area (Å²) in [6.45, 7) is 0. The molecule has 7 heteroatoms. The third-order valence-electron chi connectivity index (χ3n) is 4.21. The van der Waals surface area contributed by atoms with E-state index in [2.05, 4.69) is 0 Å². The van der Waals surface area contributed by atoms with Crippen molar-refractivity contribution < 1.29 is 26.3 Å². The van der Waals surface area contributed by atoms with Crippen LogP contribution in [0.2, 0.25) is 0 Å². The van der Waals surface area contributed by atoms with Gasteiger partial charge in [0.15, 0.2) is 6.17 Å². The van der Waals surface area contributed by atoms with Crippen molar-refractivity contribution in [1.29, 1.82) is 0 Å². The molecular weight excluding hydrogens is 361 g/mol. The number of alkyl halides is 6. The highest BCUT2D eigenvalue weighted by Crippen LogP contribution is 2.64. The summed E-state index contributed by atoms with van der Waals surface area (Å²) in [5.74, 6) is -10.3. The first-order chi connectivity index (χ1) is 11.7. The largest absolute Gasteiger partial charge is 0.384 e. The summed E-state index contributed by atoms with van der Waals surface area (Å²) in [5, 5.41) is -3.30. The molecule has 2 aromatic carbocycles. The van der Waals surface area contributed by atoms with E-state index in [0.717, 1.165) is 0 Å². The molecule has 0 N–H and O–H groups in total. The molecule has 0 aliphatic heterocycles. The van der Waals surface area contributed by atoms with E-state index in [0.29, 0.717) is 0 Å². The van der Waals surface area contributed by atoms with Gasteiger partial charge < -0.3 is 0 Å². The van der Waals surface area contributed by atoms with Crippen molar-refractivity contribution in [3.05, 3.63) is 72.8 Å². The number of hydrogen-bond acceptors (Lipinski definition) is 0. The van der Waals surface area contributed by atoms with Crippen LogP contribution in [0.1, 0.15) is 0 Å². The lowest BCUT2D eigenvalue weighted by molar-refractivity contribution is -0.263. The molecule has 0 amide bonds. The fraction of sp³-hybridized carbons (Fsp3) is 0.222. The SMILES string of the molecule is FC1C=CC(F)([PH+](c2ccccc2)c2ccccc2)C(F)(F)C1(F)F. The Balaban J connectivity index is 2.24. The zero-order valence-electron chi connectivity index (χ0n) is 12.8. The summed E-state index contributed by atoms with van der Waals surface area (Å²) in [6, 6.07) is 15.0. The van der Waals surface area contributed by atoms with E-state index in [1.54, 1.807) is 12.1 Å². The summed E-state index contributed by atoms with van der Waals surface area (Å²) in [5.41, 5.74) is 0. The van der Waals surface area contributed by atoms with Gasteiger partial charge >= 0.3 is 17.3 Å². The molecule has 0 aromatic heterocycles. The molecule has 25 heavy (non-hydrogen) atoms. The fourth-order valence-corrected chi connectivity index (χ4v) is 5.86. The molecule has 3 rings (SSSR count). The van der Waals surface area contributed by atoms with E-state index in [4.69, 9.17) is 0 Å². The predicted molar refractivity (Wildman–Crippen MR) is 88.2 cm³/mol. The van der Waals surface area contributed by atoms with Crippen LogP contribution in [0.4, 0.5) is 26.3 Å². The van der Waals surface area contributed by atoms with Crippen LogP contribution in [-0.2, 0) is 0 Å². The van der Waals surface area contributed by atoms with Crippen LogP contribution in [0.3, 0.4) is 0 Å². The van der Waals surface area contributed by atoms with Crippen LogP contribution >= 0.6 is 7.92 Å². The van der Waals surface area contributed by atoms with Gasteiger partial charge in [-0.15, -0.1) is 0 Å². The second kappa shape index (κ2) is 6.17. The zero-order chi connectivity index (χ0) is 18.3. The van der Waals surface area contributed by atoms with Gasteiger partial charge in [-0.05, 0) is 36.4 Å². The summed E-state index contributed by atoms with van der Waals surface area (Å²) >= 11 is 0. The normalized spacial score (nSPS) is 27.4. The van der Waals surface area contributed by atoms with Gasteiger partial charge in [-0.1, -0.05) is 36.4 Å². The molecule has 0 saturated heterocycles. The Hall–Kier alpha value is -1.81. The maximum absolute atomic E-state index is 15.6. The molecule has 1 aliphatic rings. The molecule has 132 valence electrons. The smallest absolute Gasteiger partial charge is 0.236 e. The molecular formula is C18H14F6P+. The van der Waals surface area contributed by atoms with Crippen molar-refractivity contribution in [2.75, 3.05) is 0 Å². The quantitative estimate of drug-likeness (QED) is 0.415. The minimum atomic E-state index is -5.19. The summed E-state index contributed by atoms with van der Waals surface area (Å²) in [6.07, 6.45) is -2.75. The van der Waals surface area contributed by atoms with Gasteiger partial charge in [0.05, 0.1) is 0 Å². The van der Waals surface area contributed by atoms with Crippen molar-refractivity contribution in [2.24, 2.45) is 0 Å². The summed E-state index contributed by atoms with van der Waals surface area (Å²) in [7, 11) is -3.05. The minimum absolute atomic E-state index is 0.193. The second-order valence-corrected chi connectivity index (χ2v) is 8.41. The van der Waals surface area contributed by atoms with Crippen LogP contribution in [0, 0.1) is 0 Å². The van der Waals surface area contributed by atoms with Crippen molar-refractivity contribution in [2.45, 2.75) is 23.4 Å². The highest BCUT2D eigenvalue weighted by Gasteiger charge is 2.80. The minimum Gasteiger partial charge on any atom is -0.236 e. The molecule has 0 heterocycles. The van der Waals surface area contributed by atoms with Crippen molar-refractivity contribution in [3.63, 3.8) is 0 Å². The lowest BCUT2D eigenvalue weighted by atomic mass is 9.95. The predicted octanol–water partition coefficient (Wildman–Crippen LogP) is 4.70. The van der Waals surface area contributed by atoms with Crippen molar-refractivity contribution in [1.82, 2.24) is 0 Å². The van der Waals surface area contributed by atoms with Gasteiger partial charge in [-0.3, -0.25) is 0 Å². The third-order valence-corrected chi connectivity index (χ3v) is 7.24. The van der Waals surface area contributed by atoms with Crippen LogP contribution in [-0.4, -0.2) is 23.4 Å². The molecule has 0 spiro atoms. The highest BCUT2D eigenvalue weighted by atomic mass is 31.1. The Morgan fingerprint density at radius 3 is 1.60 bits per heavy atom. The molecule has 0 bridgehead atoms. The Kier molecular flexibility index (Phi) is 4.44. The van der Waals surface area contributed by atoms with Gasteiger partial charge in [0.25, 0.3) is 0 Å². The van der Waals surface area contributed by atoms with Gasteiger partial charge in [0, 0.05) is 0 Å². The maximum Gasteiger partial charge on any atom is 0.384 e. The zero-order valence-corrected chi connectivity index (χ0v) is 13.8. The Morgan fingerprint density at radius 1 is 0.720 bits per heavy atom. The highest BCUT2D eigenvalue weighted by molar-refractivity contribution is 7.74. The first-order valence-electron chi connectivity index (χ1n) is 7.48. The van der Waals surface area contributed by atoms with Crippen LogP contribution < -0.4 is 10.6 Å². The summed E-state index contributed by atoms with van der Waals surface area (Å²) < 4.78 is 85.8. The molecule has 0 nitrogen and oxygen atoms in total. The van der Waals surface area contributed by atoms with Gasteiger partial charge in [-0.2, -0.15) is 22.0 Å². The molecule has 2 atom stereocenters. The van der Waals surface area contributed by atoms with Gasteiger partial charge in [0.2, 0.25) is 0 Å². The Bertz CT molecular complexity index is 722. The number of hydrogen-bond donors (Lipinski definition) is 0. The molecule has 0 saturated carbocycles. The monoisotopic (exact) mass is 375 g/mol. The Labute approximate surface area is 141 Å². The van der Waals surface area contributed by atoms with Gasteiger partial charge in [-0.25, -0.2) is 4.39 Å². The molecule has 2 unspecified atom stereocenters. The standard InChI is InChI=1S/C18H13F6P/c19-15-11-12-16(20,18(23,24)17(15,21)22)25(13-7-3-1-4-8-13)14-9-5-2-6-10-14/h1-12,15H/p+1. The fourth-order valence-electron chi connectivity index (χ4n) is 2.90. The topological polar surface area (TPSA) is 0 Å². The van der Waals surface area contributed by atoms with E-state index in [1.165, 1.54) is 48.5 Å². The molecule has 1 aliphatic carbocycles. The molecule has 2 aromatic rings. The van der Waals surface area contributed by atoms with Gasteiger partial charge in [0.1, 0.15) is 18.5 Å². The van der Waals surface area contributed by atoms with Crippen LogP contribution in [0.5, 0.6) is 0 Å². The van der Waals surface area contributed by atoms with Crippen LogP contribution in [0.25, 0.3) is 0 Å². The number of allylic oxidation sites excluding steroid dienone is 2. The third kappa shape index (κ3) is 2.67. The molecule has 0 fully saturated rings. The molecule has 0 radical (unpaired) electrons.